The first kappa shape index (κ1) is 25.1. The zero-order chi connectivity index (χ0) is 24.2. The van der Waals surface area contributed by atoms with Crippen LogP contribution in [-0.2, 0) is 27.8 Å². The SMILES string of the molecule is CS(=O)(=O)N[C@H](Cc1ccc(Cl)cc1)C(=O)N1CCC(Cn2cncn2)(N2CCCCC2)CC1. The molecule has 11 heteroatoms. The van der Waals surface area contributed by atoms with Crippen LogP contribution < -0.4 is 4.72 Å². The topological polar surface area (TPSA) is 100 Å². The number of likely N-dealkylation sites (tertiary alicyclic amines) is 2. The number of nitrogens with one attached hydrogen (secondary N) is 1. The molecule has 1 N–H and O–H groups in total. The van der Waals surface area contributed by atoms with E-state index in [1.54, 1.807) is 24.8 Å². The monoisotopic (exact) mass is 508 g/mol. The minimum absolute atomic E-state index is 0.0825. The van der Waals surface area contributed by atoms with Crippen LogP contribution in [-0.4, -0.2) is 82.9 Å². The van der Waals surface area contributed by atoms with Crippen LogP contribution in [0.3, 0.4) is 0 Å². The van der Waals surface area contributed by atoms with Crippen molar-refractivity contribution >= 4 is 27.5 Å². The van der Waals surface area contributed by atoms with Crippen molar-refractivity contribution in [2.24, 2.45) is 0 Å². The van der Waals surface area contributed by atoms with Crippen LogP contribution in [0.1, 0.15) is 37.7 Å². The van der Waals surface area contributed by atoms with Crippen LogP contribution in [0.2, 0.25) is 5.02 Å². The van der Waals surface area contributed by atoms with Gasteiger partial charge in [0.05, 0.1) is 12.8 Å². The molecule has 1 aromatic heterocycles. The minimum Gasteiger partial charge on any atom is -0.341 e. The van der Waals surface area contributed by atoms with Gasteiger partial charge in [0.15, 0.2) is 0 Å². The van der Waals surface area contributed by atoms with Crippen molar-refractivity contribution in [3.05, 3.63) is 47.5 Å². The predicted molar refractivity (Wildman–Crippen MR) is 131 cm³/mol. The van der Waals surface area contributed by atoms with Gasteiger partial charge in [-0.3, -0.25) is 14.4 Å². The third-order valence-electron chi connectivity index (χ3n) is 6.96. The Labute approximate surface area is 206 Å². The lowest BCUT2D eigenvalue weighted by Crippen LogP contribution is -2.61. The molecular formula is C23H33ClN6O3S. The van der Waals surface area contributed by atoms with E-state index in [2.05, 4.69) is 19.7 Å². The second kappa shape index (κ2) is 10.7. The largest absolute Gasteiger partial charge is 0.341 e. The molecule has 9 nitrogen and oxygen atoms in total. The number of carbonyl (C=O) groups excluding carboxylic acids is 1. The molecule has 0 spiro atoms. The first-order chi connectivity index (χ1) is 16.2. The summed E-state index contributed by atoms with van der Waals surface area (Å²) in [6.07, 6.45) is 9.91. The van der Waals surface area contributed by atoms with Gasteiger partial charge in [0, 0.05) is 23.7 Å². The summed E-state index contributed by atoms with van der Waals surface area (Å²) in [6.45, 7) is 4.00. The van der Waals surface area contributed by atoms with E-state index in [0.29, 0.717) is 18.1 Å². The van der Waals surface area contributed by atoms with E-state index in [4.69, 9.17) is 11.6 Å². The average molecular weight is 509 g/mol. The van der Waals surface area contributed by atoms with Crippen LogP contribution in [0.25, 0.3) is 0 Å². The number of halogens is 1. The highest BCUT2D eigenvalue weighted by Gasteiger charge is 2.42. The number of carbonyl (C=O) groups is 1. The molecule has 0 saturated carbocycles. The minimum atomic E-state index is -3.56. The summed E-state index contributed by atoms with van der Waals surface area (Å²) in [5.41, 5.74) is 0.769. The van der Waals surface area contributed by atoms with Crippen LogP contribution in [0.4, 0.5) is 0 Å². The lowest BCUT2D eigenvalue weighted by molar-refractivity contribution is -0.136. The lowest BCUT2D eigenvalue weighted by Gasteiger charge is -2.50. The van der Waals surface area contributed by atoms with Crippen molar-refractivity contribution in [3.63, 3.8) is 0 Å². The molecule has 2 saturated heterocycles. The maximum atomic E-state index is 13.5. The zero-order valence-electron chi connectivity index (χ0n) is 19.6. The Morgan fingerprint density at radius 2 is 1.79 bits per heavy atom. The molecule has 0 aliphatic carbocycles. The zero-order valence-corrected chi connectivity index (χ0v) is 21.1. The molecule has 2 fully saturated rings. The highest BCUT2D eigenvalue weighted by Crippen LogP contribution is 2.33. The van der Waals surface area contributed by atoms with Gasteiger partial charge in [0.2, 0.25) is 15.9 Å². The van der Waals surface area contributed by atoms with Crippen LogP contribution in [0.15, 0.2) is 36.9 Å². The number of nitrogens with zero attached hydrogens (tertiary/aromatic N) is 5. The van der Waals surface area contributed by atoms with Gasteiger partial charge in [0.1, 0.15) is 18.7 Å². The molecule has 2 aliphatic rings. The van der Waals surface area contributed by atoms with Crippen molar-refractivity contribution in [1.82, 2.24) is 29.3 Å². The molecule has 0 unspecified atom stereocenters. The molecule has 1 atom stereocenters. The first-order valence-electron chi connectivity index (χ1n) is 11.8. The molecule has 4 rings (SSSR count). The van der Waals surface area contributed by atoms with E-state index in [1.165, 1.54) is 19.3 Å². The Hall–Kier alpha value is -2.01. The Balaban J connectivity index is 1.48. The maximum Gasteiger partial charge on any atom is 0.241 e. The van der Waals surface area contributed by atoms with Gasteiger partial charge >= 0.3 is 0 Å². The fourth-order valence-corrected chi connectivity index (χ4v) is 6.04. The summed E-state index contributed by atoms with van der Waals surface area (Å²) in [5, 5.41) is 4.94. The summed E-state index contributed by atoms with van der Waals surface area (Å²) in [5.74, 6) is -0.187. The smallest absolute Gasteiger partial charge is 0.241 e. The quantitative estimate of drug-likeness (QED) is 0.585. The summed E-state index contributed by atoms with van der Waals surface area (Å²) in [4.78, 5) is 22.0. The van der Waals surface area contributed by atoms with Gasteiger partial charge in [-0.1, -0.05) is 30.2 Å². The van der Waals surface area contributed by atoms with Crippen molar-refractivity contribution in [3.8, 4) is 0 Å². The van der Waals surface area contributed by atoms with E-state index in [-0.39, 0.29) is 17.9 Å². The van der Waals surface area contributed by atoms with Gasteiger partial charge in [-0.15, -0.1) is 0 Å². The Morgan fingerprint density at radius 1 is 1.12 bits per heavy atom. The van der Waals surface area contributed by atoms with Gasteiger partial charge < -0.3 is 4.90 Å². The van der Waals surface area contributed by atoms with Gasteiger partial charge in [-0.25, -0.2) is 18.1 Å². The molecule has 1 aromatic carbocycles. The van der Waals surface area contributed by atoms with Crippen molar-refractivity contribution in [1.29, 1.82) is 0 Å². The van der Waals surface area contributed by atoms with Crippen molar-refractivity contribution in [2.75, 3.05) is 32.4 Å². The van der Waals surface area contributed by atoms with E-state index in [1.807, 2.05) is 21.7 Å². The molecule has 186 valence electrons. The normalized spacial score (nSPS) is 20.2. The van der Waals surface area contributed by atoms with E-state index >= 15 is 0 Å². The average Bonchev–Trinajstić information content (AvgIpc) is 3.33. The van der Waals surface area contributed by atoms with E-state index in [0.717, 1.165) is 44.3 Å². The Kier molecular flexibility index (Phi) is 7.91. The van der Waals surface area contributed by atoms with Crippen LogP contribution in [0, 0.1) is 0 Å². The number of hydrogen-bond acceptors (Lipinski definition) is 6. The first-order valence-corrected chi connectivity index (χ1v) is 14.1. The van der Waals surface area contributed by atoms with E-state index < -0.39 is 16.1 Å². The highest BCUT2D eigenvalue weighted by atomic mass is 35.5. The number of amides is 1. The number of sulfonamides is 1. The standard InChI is InChI=1S/C23H33ClN6O3S/c1-34(32,33)27-21(15-19-5-7-20(24)8-6-19)22(31)28-13-9-23(10-14-28,16-30-18-25-17-26-30)29-11-3-2-4-12-29/h5-8,17-18,21,27H,2-4,9-16H2,1H3/t21-/m1/s1. The molecule has 0 radical (unpaired) electrons. The van der Waals surface area contributed by atoms with Gasteiger partial charge in [-0.05, 0) is 62.9 Å². The summed E-state index contributed by atoms with van der Waals surface area (Å²) >= 11 is 5.98. The molecule has 2 aliphatic heterocycles. The van der Waals surface area contributed by atoms with Gasteiger partial charge in [-0.2, -0.15) is 5.10 Å². The molecule has 3 heterocycles. The van der Waals surface area contributed by atoms with Crippen LogP contribution >= 0.6 is 11.6 Å². The lowest BCUT2D eigenvalue weighted by atomic mass is 9.83. The fraction of sp³-hybridized carbons (Fsp3) is 0.609. The van der Waals surface area contributed by atoms with Crippen molar-refractivity contribution in [2.45, 2.75) is 56.7 Å². The summed E-state index contributed by atoms with van der Waals surface area (Å²) in [7, 11) is -3.56. The molecular weight excluding hydrogens is 476 g/mol. The fourth-order valence-electron chi connectivity index (χ4n) is 5.22. The molecule has 2 aromatic rings. The number of aromatic nitrogens is 3. The number of rotatable bonds is 8. The van der Waals surface area contributed by atoms with Gasteiger partial charge in [0.25, 0.3) is 0 Å². The van der Waals surface area contributed by atoms with Crippen LogP contribution in [0.5, 0.6) is 0 Å². The molecule has 0 bridgehead atoms. The Morgan fingerprint density at radius 3 is 2.38 bits per heavy atom. The summed E-state index contributed by atoms with van der Waals surface area (Å²) in [6, 6.07) is 6.28. The second-order valence-electron chi connectivity index (χ2n) is 9.46. The van der Waals surface area contributed by atoms with E-state index in [9.17, 15) is 13.2 Å². The Bertz CT molecular complexity index is 1050. The van der Waals surface area contributed by atoms with Crippen molar-refractivity contribution < 1.29 is 13.2 Å². The molecule has 34 heavy (non-hydrogen) atoms. The third-order valence-corrected chi connectivity index (χ3v) is 7.93. The highest BCUT2D eigenvalue weighted by molar-refractivity contribution is 7.88. The summed E-state index contributed by atoms with van der Waals surface area (Å²) < 4.78 is 28.5. The third kappa shape index (κ3) is 6.35. The second-order valence-corrected chi connectivity index (χ2v) is 11.7. The number of piperidine rings is 2. The number of hydrogen-bond donors (Lipinski definition) is 1. The number of benzene rings is 1. The molecule has 1 amide bonds. The predicted octanol–water partition coefficient (Wildman–Crippen LogP) is 1.94. The maximum absolute atomic E-state index is 13.5.